The van der Waals surface area contributed by atoms with Crippen molar-refractivity contribution >= 4 is 11.6 Å². The number of primary amides is 1. The highest BCUT2D eigenvalue weighted by molar-refractivity contribution is 5.98. The van der Waals surface area contributed by atoms with E-state index in [9.17, 15) is 9.18 Å². The molecule has 0 radical (unpaired) electrons. The molecule has 4 N–H and O–H groups in total. The van der Waals surface area contributed by atoms with E-state index in [0.29, 0.717) is 11.3 Å². The van der Waals surface area contributed by atoms with Crippen LogP contribution >= 0.6 is 0 Å². The largest absolute Gasteiger partial charge is 0.489 e. The fourth-order valence-electron chi connectivity index (χ4n) is 1.62. The molecule has 2 aromatic carbocycles. The minimum absolute atomic E-state index is 0.0643. The average Bonchev–Trinajstić information content (AvgIpc) is 2.39. The maximum atomic E-state index is 13.4. The molecule has 0 atom stereocenters. The molecule has 0 fully saturated rings. The lowest BCUT2D eigenvalue weighted by molar-refractivity contribution is 0.100. The molecule has 4 nitrogen and oxygen atoms in total. The molecular formula is C14H13FN2O2. The molecule has 19 heavy (non-hydrogen) atoms. The van der Waals surface area contributed by atoms with E-state index >= 15 is 0 Å². The molecule has 0 aliphatic heterocycles. The lowest BCUT2D eigenvalue weighted by Gasteiger charge is -2.09. The molecule has 0 heterocycles. The second-order valence-electron chi connectivity index (χ2n) is 3.99. The van der Waals surface area contributed by atoms with E-state index in [1.54, 1.807) is 24.3 Å². The molecule has 0 spiro atoms. The standard InChI is InChI=1S/C14H13FN2O2/c15-12-4-2-1-3-9(12)8-19-10-5-6-13(16)11(7-10)14(17)18/h1-7H,8,16H2,(H2,17,18). The number of nitrogens with two attached hydrogens (primary N) is 2. The van der Waals surface area contributed by atoms with Crippen LogP contribution in [0.4, 0.5) is 10.1 Å². The highest BCUT2D eigenvalue weighted by Crippen LogP contribution is 2.20. The first kappa shape index (κ1) is 12.9. The van der Waals surface area contributed by atoms with Crippen LogP contribution in [-0.2, 0) is 6.61 Å². The van der Waals surface area contributed by atoms with Crippen molar-refractivity contribution in [1.82, 2.24) is 0 Å². The van der Waals surface area contributed by atoms with E-state index in [1.165, 1.54) is 18.2 Å². The first-order valence-electron chi connectivity index (χ1n) is 5.63. The Morgan fingerprint density at radius 1 is 1.21 bits per heavy atom. The zero-order valence-electron chi connectivity index (χ0n) is 10.1. The SMILES string of the molecule is NC(=O)c1cc(OCc2ccccc2F)ccc1N. The number of hydrogen-bond donors (Lipinski definition) is 2. The number of anilines is 1. The van der Waals surface area contributed by atoms with E-state index in [-0.39, 0.29) is 23.7 Å². The first-order chi connectivity index (χ1) is 9.08. The van der Waals surface area contributed by atoms with E-state index < -0.39 is 5.91 Å². The van der Waals surface area contributed by atoms with Gasteiger partial charge in [0, 0.05) is 11.3 Å². The van der Waals surface area contributed by atoms with Crippen LogP contribution in [0.3, 0.4) is 0 Å². The van der Waals surface area contributed by atoms with Gasteiger partial charge in [-0.15, -0.1) is 0 Å². The monoisotopic (exact) mass is 260 g/mol. The molecule has 0 unspecified atom stereocenters. The number of ether oxygens (including phenoxy) is 1. The van der Waals surface area contributed by atoms with Crippen LogP contribution in [0, 0.1) is 5.82 Å². The average molecular weight is 260 g/mol. The summed E-state index contributed by atoms with van der Waals surface area (Å²) in [7, 11) is 0. The van der Waals surface area contributed by atoms with Crippen molar-refractivity contribution in [2.75, 3.05) is 5.73 Å². The third-order valence-electron chi connectivity index (χ3n) is 2.64. The zero-order chi connectivity index (χ0) is 13.8. The highest BCUT2D eigenvalue weighted by Gasteiger charge is 2.08. The van der Waals surface area contributed by atoms with Crippen molar-refractivity contribution in [1.29, 1.82) is 0 Å². The number of halogens is 1. The number of rotatable bonds is 4. The summed E-state index contributed by atoms with van der Waals surface area (Å²) in [5.74, 6) is -0.562. The minimum Gasteiger partial charge on any atom is -0.489 e. The zero-order valence-corrected chi connectivity index (χ0v) is 10.1. The van der Waals surface area contributed by atoms with Gasteiger partial charge < -0.3 is 16.2 Å². The van der Waals surface area contributed by atoms with Gasteiger partial charge in [0.1, 0.15) is 18.2 Å². The van der Waals surface area contributed by atoms with Crippen molar-refractivity contribution in [2.45, 2.75) is 6.61 Å². The van der Waals surface area contributed by atoms with E-state index in [2.05, 4.69) is 0 Å². The quantitative estimate of drug-likeness (QED) is 0.826. The molecule has 0 aliphatic rings. The Labute approximate surface area is 109 Å². The van der Waals surface area contributed by atoms with Gasteiger partial charge in [-0.05, 0) is 24.3 Å². The van der Waals surface area contributed by atoms with Crippen molar-refractivity contribution in [3.8, 4) is 5.75 Å². The van der Waals surface area contributed by atoms with Crippen molar-refractivity contribution in [3.63, 3.8) is 0 Å². The number of nitrogen functional groups attached to an aromatic ring is 1. The smallest absolute Gasteiger partial charge is 0.250 e. The van der Waals surface area contributed by atoms with Gasteiger partial charge in [-0.3, -0.25) is 4.79 Å². The normalized spacial score (nSPS) is 10.2. The second-order valence-corrected chi connectivity index (χ2v) is 3.99. The summed E-state index contributed by atoms with van der Waals surface area (Å²) in [4.78, 5) is 11.1. The number of amides is 1. The molecule has 5 heteroatoms. The fraction of sp³-hybridized carbons (Fsp3) is 0.0714. The third-order valence-corrected chi connectivity index (χ3v) is 2.64. The van der Waals surface area contributed by atoms with Crippen LogP contribution in [0.25, 0.3) is 0 Å². The van der Waals surface area contributed by atoms with Gasteiger partial charge in [-0.1, -0.05) is 18.2 Å². The molecule has 2 aromatic rings. The highest BCUT2D eigenvalue weighted by atomic mass is 19.1. The number of carbonyl (C=O) groups is 1. The Bertz CT molecular complexity index is 614. The van der Waals surface area contributed by atoms with Crippen molar-refractivity contribution in [3.05, 3.63) is 59.4 Å². The van der Waals surface area contributed by atoms with Crippen LogP contribution in [-0.4, -0.2) is 5.91 Å². The Hall–Kier alpha value is -2.56. The summed E-state index contributed by atoms with van der Waals surface area (Å²) in [5.41, 5.74) is 11.7. The minimum atomic E-state index is -0.631. The Morgan fingerprint density at radius 3 is 2.63 bits per heavy atom. The fourth-order valence-corrected chi connectivity index (χ4v) is 1.62. The van der Waals surface area contributed by atoms with Crippen LogP contribution < -0.4 is 16.2 Å². The Kier molecular flexibility index (Phi) is 3.66. The summed E-state index contributed by atoms with van der Waals surface area (Å²) < 4.78 is 18.8. The molecule has 0 aromatic heterocycles. The number of benzene rings is 2. The van der Waals surface area contributed by atoms with Gasteiger partial charge in [0.25, 0.3) is 5.91 Å². The summed E-state index contributed by atoms with van der Waals surface area (Å²) in [6, 6.07) is 10.9. The second kappa shape index (κ2) is 5.39. The first-order valence-corrected chi connectivity index (χ1v) is 5.63. The van der Waals surface area contributed by atoms with Gasteiger partial charge in [0.15, 0.2) is 0 Å². The predicted molar refractivity (Wildman–Crippen MR) is 70.1 cm³/mol. The lowest BCUT2D eigenvalue weighted by Crippen LogP contribution is -2.13. The number of hydrogen-bond acceptors (Lipinski definition) is 3. The van der Waals surface area contributed by atoms with Crippen LogP contribution in [0.5, 0.6) is 5.75 Å². The summed E-state index contributed by atoms with van der Waals surface area (Å²) >= 11 is 0. The Balaban J connectivity index is 2.14. The molecule has 0 bridgehead atoms. The maximum Gasteiger partial charge on any atom is 0.250 e. The molecule has 0 saturated heterocycles. The molecule has 0 aliphatic carbocycles. The van der Waals surface area contributed by atoms with Crippen LogP contribution in [0.1, 0.15) is 15.9 Å². The molecular weight excluding hydrogens is 247 g/mol. The Morgan fingerprint density at radius 2 is 1.95 bits per heavy atom. The third kappa shape index (κ3) is 3.01. The summed E-state index contributed by atoms with van der Waals surface area (Å²) in [6.07, 6.45) is 0. The van der Waals surface area contributed by atoms with Crippen molar-refractivity contribution < 1.29 is 13.9 Å². The van der Waals surface area contributed by atoms with E-state index in [4.69, 9.17) is 16.2 Å². The van der Waals surface area contributed by atoms with Gasteiger partial charge in [0.2, 0.25) is 0 Å². The summed E-state index contributed by atoms with van der Waals surface area (Å²) in [5, 5.41) is 0. The van der Waals surface area contributed by atoms with Gasteiger partial charge >= 0.3 is 0 Å². The lowest BCUT2D eigenvalue weighted by atomic mass is 10.1. The molecule has 98 valence electrons. The maximum absolute atomic E-state index is 13.4. The summed E-state index contributed by atoms with van der Waals surface area (Å²) in [6.45, 7) is 0.0643. The van der Waals surface area contributed by atoms with Crippen LogP contribution in [0.15, 0.2) is 42.5 Å². The molecule has 2 rings (SSSR count). The van der Waals surface area contributed by atoms with E-state index in [0.717, 1.165) is 0 Å². The number of carbonyl (C=O) groups excluding carboxylic acids is 1. The van der Waals surface area contributed by atoms with Gasteiger partial charge in [0.05, 0.1) is 5.56 Å². The molecule has 0 saturated carbocycles. The van der Waals surface area contributed by atoms with Crippen LogP contribution in [0.2, 0.25) is 0 Å². The van der Waals surface area contributed by atoms with Gasteiger partial charge in [-0.25, -0.2) is 4.39 Å². The topological polar surface area (TPSA) is 78.3 Å². The molecule has 1 amide bonds. The predicted octanol–water partition coefficient (Wildman–Crippen LogP) is 2.09. The van der Waals surface area contributed by atoms with Gasteiger partial charge in [-0.2, -0.15) is 0 Å². The van der Waals surface area contributed by atoms with E-state index in [1.807, 2.05) is 0 Å². The van der Waals surface area contributed by atoms with Crippen molar-refractivity contribution in [2.24, 2.45) is 5.73 Å².